The van der Waals surface area contributed by atoms with Crippen LogP contribution in [0.4, 0.5) is 10.5 Å². The van der Waals surface area contributed by atoms with Crippen LogP contribution >= 0.6 is 0 Å². The second kappa shape index (κ2) is 5.31. The maximum Gasteiger partial charge on any atom is 0.319 e. The lowest BCUT2D eigenvalue weighted by Crippen LogP contribution is -2.30. The quantitative estimate of drug-likeness (QED) is 0.766. The van der Waals surface area contributed by atoms with Crippen molar-refractivity contribution in [2.45, 2.75) is 13.3 Å². The van der Waals surface area contributed by atoms with Gasteiger partial charge in [0.2, 0.25) is 0 Å². The van der Waals surface area contributed by atoms with Gasteiger partial charge in [-0.1, -0.05) is 0 Å². The number of nitrogens with one attached hydrogen (secondary N) is 3. The Morgan fingerprint density at radius 1 is 1.39 bits per heavy atom. The lowest BCUT2D eigenvalue weighted by atomic mass is 10.3. The highest BCUT2D eigenvalue weighted by Gasteiger charge is 2.03. The molecule has 0 radical (unpaired) electrons. The van der Waals surface area contributed by atoms with Crippen LogP contribution in [0.15, 0.2) is 24.5 Å². The molecule has 0 aliphatic carbocycles. The van der Waals surface area contributed by atoms with Crippen LogP contribution in [0.3, 0.4) is 0 Å². The number of ketones is 1. The molecule has 2 aromatic rings. The molecule has 0 unspecified atom stereocenters. The number of hydrogen-bond donors (Lipinski definition) is 3. The first-order chi connectivity index (χ1) is 8.65. The van der Waals surface area contributed by atoms with E-state index in [0.717, 1.165) is 11.0 Å². The van der Waals surface area contributed by atoms with E-state index in [1.807, 2.05) is 6.07 Å². The summed E-state index contributed by atoms with van der Waals surface area (Å²) in [7, 11) is 0. The van der Waals surface area contributed by atoms with Gasteiger partial charge in [0.15, 0.2) is 0 Å². The summed E-state index contributed by atoms with van der Waals surface area (Å²) in [5, 5.41) is 5.30. The van der Waals surface area contributed by atoms with Crippen molar-refractivity contribution in [2.24, 2.45) is 0 Å². The van der Waals surface area contributed by atoms with Crippen molar-refractivity contribution in [1.82, 2.24) is 15.3 Å². The molecule has 1 aromatic carbocycles. The molecule has 6 nitrogen and oxygen atoms in total. The van der Waals surface area contributed by atoms with Crippen LogP contribution in [0.2, 0.25) is 0 Å². The van der Waals surface area contributed by atoms with Crippen LogP contribution in [0, 0.1) is 0 Å². The Morgan fingerprint density at radius 2 is 2.22 bits per heavy atom. The molecule has 0 spiro atoms. The highest BCUT2D eigenvalue weighted by atomic mass is 16.2. The number of amides is 2. The summed E-state index contributed by atoms with van der Waals surface area (Å²) in [6.07, 6.45) is 1.94. The minimum absolute atomic E-state index is 0.0502. The first-order valence-corrected chi connectivity index (χ1v) is 5.62. The number of Topliss-reactive ketones (excluding diaryl/α,β-unsaturated/α-hetero) is 1. The smallest absolute Gasteiger partial charge is 0.319 e. The van der Waals surface area contributed by atoms with Crippen molar-refractivity contribution in [2.75, 3.05) is 11.9 Å². The third-order valence-corrected chi connectivity index (χ3v) is 2.44. The topological polar surface area (TPSA) is 86.9 Å². The van der Waals surface area contributed by atoms with Crippen LogP contribution in [-0.4, -0.2) is 28.3 Å². The summed E-state index contributed by atoms with van der Waals surface area (Å²) in [5.74, 6) is 0.0502. The van der Waals surface area contributed by atoms with Crippen molar-refractivity contribution in [3.63, 3.8) is 0 Å². The third-order valence-electron chi connectivity index (χ3n) is 2.44. The number of benzene rings is 1. The Kier molecular flexibility index (Phi) is 3.57. The minimum atomic E-state index is -0.324. The molecule has 0 atom stereocenters. The van der Waals surface area contributed by atoms with Crippen molar-refractivity contribution in [3.8, 4) is 0 Å². The van der Waals surface area contributed by atoms with E-state index in [4.69, 9.17) is 0 Å². The monoisotopic (exact) mass is 246 g/mol. The van der Waals surface area contributed by atoms with Gasteiger partial charge in [-0.05, 0) is 25.1 Å². The summed E-state index contributed by atoms with van der Waals surface area (Å²) >= 11 is 0. The minimum Gasteiger partial charge on any atom is -0.345 e. The van der Waals surface area contributed by atoms with Crippen molar-refractivity contribution in [1.29, 1.82) is 0 Å². The van der Waals surface area contributed by atoms with Gasteiger partial charge in [-0.3, -0.25) is 4.79 Å². The molecule has 1 heterocycles. The highest BCUT2D eigenvalue weighted by Crippen LogP contribution is 2.15. The van der Waals surface area contributed by atoms with E-state index in [9.17, 15) is 9.59 Å². The van der Waals surface area contributed by atoms with Crippen molar-refractivity contribution >= 4 is 28.5 Å². The highest BCUT2D eigenvalue weighted by molar-refractivity contribution is 5.92. The van der Waals surface area contributed by atoms with Crippen LogP contribution in [0.1, 0.15) is 13.3 Å². The number of H-pyrrole nitrogens is 1. The first kappa shape index (κ1) is 12.1. The van der Waals surface area contributed by atoms with Crippen LogP contribution in [-0.2, 0) is 4.79 Å². The SMILES string of the molecule is CC(=O)CCNC(=O)Nc1ccc2nc[nH]c2c1. The van der Waals surface area contributed by atoms with E-state index in [2.05, 4.69) is 20.6 Å². The fourth-order valence-electron chi connectivity index (χ4n) is 1.54. The lowest BCUT2D eigenvalue weighted by molar-refractivity contribution is -0.116. The number of rotatable bonds is 4. The zero-order valence-corrected chi connectivity index (χ0v) is 9.99. The Bertz CT molecular complexity index is 576. The molecular weight excluding hydrogens is 232 g/mol. The number of aromatic amines is 1. The molecule has 2 amide bonds. The molecule has 2 rings (SSSR count). The third kappa shape index (κ3) is 3.07. The van der Waals surface area contributed by atoms with Gasteiger partial charge in [-0.2, -0.15) is 0 Å². The van der Waals surface area contributed by atoms with Crippen molar-refractivity contribution < 1.29 is 9.59 Å². The molecular formula is C12H14N4O2. The number of anilines is 1. The molecule has 1 aromatic heterocycles. The van der Waals surface area contributed by atoms with Gasteiger partial charge in [0.1, 0.15) is 5.78 Å². The van der Waals surface area contributed by atoms with Gasteiger partial charge in [0, 0.05) is 18.7 Å². The van der Waals surface area contributed by atoms with E-state index in [1.165, 1.54) is 6.92 Å². The molecule has 94 valence electrons. The van der Waals surface area contributed by atoms with Gasteiger partial charge in [0.25, 0.3) is 0 Å². The van der Waals surface area contributed by atoms with Gasteiger partial charge in [-0.25, -0.2) is 9.78 Å². The fourth-order valence-corrected chi connectivity index (χ4v) is 1.54. The van der Waals surface area contributed by atoms with E-state index >= 15 is 0 Å². The molecule has 0 saturated heterocycles. The van der Waals surface area contributed by atoms with Crippen LogP contribution in [0.5, 0.6) is 0 Å². The van der Waals surface area contributed by atoms with Crippen LogP contribution in [0.25, 0.3) is 11.0 Å². The summed E-state index contributed by atoms with van der Waals surface area (Å²) in [5.41, 5.74) is 2.38. The van der Waals surface area contributed by atoms with Crippen LogP contribution < -0.4 is 10.6 Å². The first-order valence-electron chi connectivity index (χ1n) is 5.62. The molecule has 6 heteroatoms. The van der Waals surface area contributed by atoms with E-state index < -0.39 is 0 Å². The zero-order chi connectivity index (χ0) is 13.0. The summed E-state index contributed by atoms with van der Waals surface area (Å²) in [6.45, 7) is 1.83. The number of urea groups is 1. The molecule has 0 bridgehead atoms. The van der Waals surface area contributed by atoms with E-state index in [-0.39, 0.29) is 11.8 Å². The summed E-state index contributed by atoms with van der Waals surface area (Å²) in [4.78, 5) is 29.3. The number of carbonyl (C=O) groups is 2. The largest absolute Gasteiger partial charge is 0.345 e. The number of aromatic nitrogens is 2. The Hall–Kier alpha value is -2.37. The summed E-state index contributed by atoms with van der Waals surface area (Å²) < 4.78 is 0. The second-order valence-corrected chi connectivity index (χ2v) is 3.97. The predicted octanol–water partition coefficient (Wildman–Crippen LogP) is 1.66. The number of hydrogen-bond acceptors (Lipinski definition) is 3. The normalized spacial score (nSPS) is 10.3. The van der Waals surface area contributed by atoms with E-state index in [1.54, 1.807) is 18.5 Å². The van der Waals surface area contributed by atoms with Gasteiger partial charge < -0.3 is 15.6 Å². The molecule has 0 aliphatic rings. The van der Waals surface area contributed by atoms with Gasteiger partial charge >= 0.3 is 6.03 Å². The molecule has 18 heavy (non-hydrogen) atoms. The number of nitrogens with zero attached hydrogens (tertiary/aromatic N) is 1. The number of carbonyl (C=O) groups excluding carboxylic acids is 2. The van der Waals surface area contributed by atoms with Crippen molar-refractivity contribution in [3.05, 3.63) is 24.5 Å². The molecule has 3 N–H and O–H groups in total. The maximum absolute atomic E-state index is 11.5. The molecule has 0 aliphatic heterocycles. The number of imidazole rings is 1. The lowest BCUT2D eigenvalue weighted by Gasteiger charge is -2.06. The molecule has 0 saturated carbocycles. The number of fused-ring (bicyclic) bond motifs is 1. The zero-order valence-electron chi connectivity index (χ0n) is 9.99. The molecule has 0 fully saturated rings. The average Bonchev–Trinajstić information content (AvgIpc) is 2.75. The second-order valence-electron chi connectivity index (χ2n) is 3.97. The van der Waals surface area contributed by atoms with E-state index in [0.29, 0.717) is 18.7 Å². The predicted molar refractivity (Wildman–Crippen MR) is 68.4 cm³/mol. The Morgan fingerprint density at radius 3 is 3.00 bits per heavy atom. The Balaban J connectivity index is 1.91. The fraction of sp³-hybridized carbons (Fsp3) is 0.250. The Labute approximate surface area is 104 Å². The average molecular weight is 246 g/mol. The maximum atomic E-state index is 11.5. The standard InChI is InChI=1S/C12H14N4O2/c1-8(17)4-5-13-12(18)16-9-2-3-10-11(6-9)15-7-14-10/h2-3,6-7H,4-5H2,1H3,(H,14,15)(H2,13,16,18). The van der Waals surface area contributed by atoms with Gasteiger partial charge in [0.05, 0.1) is 17.4 Å². The summed E-state index contributed by atoms with van der Waals surface area (Å²) in [6, 6.07) is 5.06. The van der Waals surface area contributed by atoms with Gasteiger partial charge in [-0.15, -0.1) is 0 Å².